The molecule has 2 N–H and O–H groups in total. The first-order valence-corrected chi connectivity index (χ1v) is 2.85. The maximum Gasteiger partial charge on any atom is 0.271 e. The van der Waals surface area contributed by atoms with Crippen molar-refractivity contribution < 1.29 is 14.7 Å². The largest absolute Gasteiger partial charge is 0.478 e. The Bertz CT molecular complexity index is 178. The zero-order valence-corrected chi connectivity index (χ0v) is 5.50. The van der Waals surface area contributed by atoms with E-state index in [4.69, 9.17) is 9.94 Å². The fourth-order valence-electron chi connectivity index (χ4n) is 0.702. The van der Waals surface area contributed by atoms with Crippen molar-refractivity contribution >= 4 is 11.8 Å². The molecule has 0 aromatic heterocycles. The van der Waals surface area contributed by atoms with Crippen molar-refractivity contribution in [3.8, 4) is 0 Å². The molecule has 1 amide bonds. The van der Waals surface area contributed by atoms with Crippen LogP contribution < -0.4 is 5.48 Å². The molecule has 0 fully saturated rings. The van der Waals surface area contributed by atoms with Crippen LogP contribution in [-0.2, 0) is 9.53 Å². The highest BCUT2D eigenvalue weighted by Crippen LogP contribution is 2.02. The number of ether oxygens (including phenoxy) is 1. The summed E-state index contributed by atoms with van der Waals surface area (Å²) >= 11 is 0. The lowest BCUT2D eigenvalue weighted by Crippen LogP contribution is -2.31. The fourth-order valence-corrected chi connectivity index (χ4v) is 0.702. The normalized spacial score (nSPS) is 23.4. The Labute approximate surface area is 57.7 Å². The van der Waals surface area contributed by atoms with E-state index in [2.05, 4.69) is 4.99 Å². The number of nitrogens with zero attached hydrogens (tertiary/aromatic N) is 1. The summed E-state index contributed by atoms with van der Waals surface area (Å²) < 4.78 is 4.87. The van der Waals surface area contributed by atoms with Crippen LogP contribution in [0.15, 0.2) is 4.99 Å². The van der Waals surface area contributed by atoms with Gasteiger partial charge in [0.15, 0.2) is 11.9 Å². The second-order valence-electron chi connectivity index (χ2n) is 1.95. The predicted octanol–water partition coefficient (Wildman–Crippen LogP) is -0.691. The first-order chi connectivity index (χ1) is 4.74. The van der Waals surface area contributed by atoms with Crippen molar-refractivity contribution in [1.82, 2.24) is 5.48 Å². The SMILES string of the molecule is CC1=NC(C(=O)NO)CO1. The Balaban J connectivity index is 2.52. The smallest absolute Gasteiger partial charge is 0.271 e. The minimum Gasteiger partial charge on any atom is -0.478 e. The van der Waals surface area contributed by atoms with Crippen molar-refractivity contribution in [2.75, 3.05) is 6.61 Å². The summed E-state index contributed by atoms with van der Waals surface area (Å²) in [6.45, 7) is 1.88. The third-order valence-electron chi connectivity index (χ3n) is 1.20. The summed E-state index contributed by atoms with van der Waals surface area (Å²) in [5.74, 6) is -0.0505. The molecule has 0 aromatic carbocycles. The highest BCUT2D eigenvalue weighted by atomic mass is 16.5. The molecule has 0 saturated heterocycles. The van der Waals surface area contributed by atoms with E-state index in [1.165, 1.54) is 5.48 Å². The van der Waals surface area contributed by atoms with Gasteiger partial charge in [0.25, 0.3) is 5.91 Å². The second-order valence-corrected chi connectivity index (χ2v) is 1.95. The van der Waals surface area contributed by atoms with E-state index < -0.39 is 11.9 Å². The predicted molar refractivity (Wildman–Crippen MR) is 32.8 cm³/mol. The van der Waals surface area contributed by atoms with Gasteiger partial charge >= 0.3 is 0 Å². The number of rotatable bonds is 1. The van der Waals surface area contributed by atoms with Gasteiger partial charge in [0, 0.05) is 6.92 Å². The number of carbonyl (C=O) groups is 1. The van der Waals surface area contributed by atoms with Gasteiger partial charge in [-0.1, -0.05) is 0 Å². The van der Waals surface area contributed by atoms with E-state index in [1.807, 2.05) is 0 Å². The van der Waals surface area contributed by atoms with Gasteiger partial charge in [-0.15, -0.1) is 0 Å². The first kappa shape index (κ1) is 7.01. The molecular weight excluding hydrogens is 136 g/mol. The van der Waals surface area contributed by atoms with Crippen LogP contribution in [0.25, 0.3) is 0 Å². The number of carbonyl (C=O) groups excluding carboxylic acids is 1. The van der Waals surface area contributed by atoms with E-state index in [0.717, 1.165) is 0 Å². The lowest BCUT2D eigenvalue weighted by Gasteiger charge is -1.99. The highest BCUT2D eigenvalue weighted by molar-refractivity contribution is 5.86. The number of hydroxylamine groups is 1. The van der Waals surface area contributed by atoms with Crippen LogP contribution in [-0.4, -0.2) is 29.7 Å². The van der Waals surface area contributed by atoms with Gasteiger partial charge < -0.3 is 4.74 Å². The molecule has 5 heteroatoms. The lowest BCUT2D eigenvalue weighted by molar-refractivity contribution is -0.130. The second kappa shape index (κ2) is 2.66. The van der Waals surface area contributed by atoms with Gasteiger partial charge in [-0.2, -0.15) is 0 Å². The Morgan fingerprint density at radius 2 is 2.70 bits per heavy atom. The average Bonchev–Trinajstić information content (AvgIpc) is 2.34. The number of hydrogen-bond acceptors (Lipinski definition) is 4. The number of aliphatic imine (C=N–C) groups is 1. The van der Waals surface area contributed by atoms with Gasteiger partial charge in [-0.3, -0.25) is 10.0 Å². The van der Waals surface area contributed by atoms with Crippen molar-refractivity contribution in [3.63, 3.8) is 0 Å². The molecule has 56 valence electrons. The van der Waals surface area contributed by atoms with E-state index in [-0.39, 0.29) is 6.61 Å². The zero-order chi connectivity index (χ0) is 7.56. The highest BCUT2D eigenvalue weighted by Gasteiger charge is 2.22. The lowest BCUT2D eigenvalue weighted by atomic mass is 10.3. The molecule has 0 spiro atoms. The minimum absolute atomic E-state index is 0.220. The number of nitrogens with one attached hydrogen (secondary N) is 1. The van der Waals surface area contributed by atoms with Gasteiger partial charge in [0.2, 0.25) is 0 Å². The van der Waals surface area contributed by atoms with Crippen molar-refractivity contribution in [1.29, 1.82) is 0 Å². The molecule has 1 aliphatic heterocycles. The summed E-state index contributed by atoms with van der Waals surface area (Å²) in [5, 5.41) is 8.16. The third-order valence-corrected chi connectivity index (χ3v) is 1.20. The molecule has 5 nitrogen and oxygen atoms in total. The summed E-state index contributed by atoms with van der Waals surface area (Å²) in [7, 11) is 0. The van der Waals surface area contributed by atoms with Crippen LogP contribution >= 0.6 is 0 Å². The van der Waals surface area contributed by atoms with Crippen LogP contribution in [0, 0.1) is 0 Å². The Kier molecular flexibility index (Phi) is 1.86. The monoisotopic (exact) mass is 144 g/mol. The molecule has 0 aromatic rings. The van der Waals surface area contributed by atoms with E-state index in [1.54, 1.807) is 6.92 Å². The van der Waals surface area contributed by atoms with Crippen LogP contribution in [0.2, 0.25) is 0 Å². The van der Waals surface area contributed by atoms with Gasteiger partial charge in [0.1, 0.15) is 6.61 Å². The minimum atomic E-state index is -0.579. The van der Waals surface area contributed by atoms with Crippen LogP contribution in [0.5, 0.6) is 0 Å². The number of hydrogen-bond donors (Lipinski definition) is 2. The van der Waals surface area contributed by atoms with Crippen molar-refractivity contribution in [2.45, 2.75) is 13.0 Å². The maximum absolute atomic E-state index is 10.6. The molecule has 0 radical (unpaired) electrons. The van der Waals surface area contributed by atoms with Gasteiger partial charge in [-0.25, -0.2) is 10.5 Å². The standard InChI is InChI=1S/C5H8N2O3/c1-3-6-4(2-10-3)5(8)7-9/h4,9H,2H2,1H3,(H,7,8). The van der Waals surface area contributed by atoms with Crippen LogP contribution in [0.4, 0.5) is 0 Å². The third kappa shape index (κ3) is 1.24. The molecule has 0 bridgehead atoms. The zero-order valence-electron chi connectivity index (χ0n) is 5.50. The van der Waals surface area contributed by atoms with Crippen LogP contribution in [0.1, 0.15) is 6.92 Å². The Morgan fingerprint density at radius 3 is 3.10 bits per heavy atom. The van der Waals surface area contributed by atoms with Crippen molar-refractivity contribution in [2.24, 2.45) is 4.99 Å². The average molecular weight is 144 g/mol. The summed E-state index contributed by atoms with van der Waals surface area (Å²) in [5.41, 5.74) is 1.50. The van der Waals surface area contributed by atoms with Gasteiger partial charge in [0.05, 0.1) is 0 Å². The summed E-state index contributed by atoms with van der Waals surface area (Å²) in [6.07, 6.45) is 0. The quantitative estimate of drug-likeness (QED) is 0.378. The topological polar surface area (TPSA) is 70.9 Å². The molecule has 0 saturated carbocycles. The maximum atomic E-state index is 10.6. The van der Waals surface area contributed by atoms with Crippen LogP contribution in [0.3, 0.4) is 0 Å². The summed E-state index contributed by atoms with van der Waals surface area (Å²) in [6, 6.07) is -0.579. The molecule has 0 aliphatic carbocycles. The molecule has 10 heavy (non-hydrogen) atoms. The molecular formula is C5H8N2O3. The number of amides is 1. The molecule has 1 rings (SSSR count). The molecule has 1 aliphatic rings. The van der Waals surface area contributed by atoms with Gasteiger partial charge in [-0.05, 0) is 0 Å². The molecule has 1 unspecified atom stereocenters. The van der Waals surface area contributed by atoms with E-state index in [0.29, 0.717) is 5.90 Å². The first-order valence-electron chi connectivity index (χ1n) is 2.85. The Hall–Kier alpha value is -1.10. The molecule has 1 atom stereocenters. The summed E-state index contributed by atoms with van der Waals surface area (Å²) in [4.78, 5) is 14.4. The molecule has 1 heterocycles. The fraction of sp³-hybridized carbons (Fsp3) is 0.600. The van der Waals surface area contributed by atoms with E-state index >= 15 is 0 Å². The Morgan fingerprint density at radius 1 is 2.00 bits per heavy atom. The van der Waals surface area contributed by atoms with Crippen molar-refractivity contribution in [3.05, 3.63) is 0 Å². The van der Waals surface area contributed by atoms with E-state index in [9.17, 15) is 4.79 Å².